The van der Waals surface area contributed by atoms with Crippen molar-refractivity contribution >= 4 is 38.9 Å². The van der Waals surface area contributed by atoms with E-state index in [-0.39, 0.29) is 5.41 Å². The maximum absolute atomic E-state index is 2.54. The number of rotatable bonds is 7. The van der Waals surface area contributed by atoms with E-state index in [0.29, 0.717) is 0 Å². The molecule has 1 heterocycles. The molecule has 0 saturated heterocycles. The van der Waals surface area contributed by atoms with E-state index in [1.165, 1.54) is 129 Å². The summed E-state index contributed by atoms with van der Waals surface area (Å²) in [4.78, 5) is 2.54. The third-order valence-corrected chi connectivity index (χ3v) is 16.5. The zero-order valence-electron chi connectivity index (χ0n) is 35.5. The lowest BCUT2D eigenvalue weighted by Gasteiger charge is -2.30. The highest BCUT2D eigenvalue weighted by Gasteiger charge is 2.42. The van der Waals surface area contributed by atoms with Crippen LogP contribution in [0.25, 0.3) is 49.7 Å². The highest BCUT2D eigenvalue weighted by molar-refractivity contribution is 6.14. The van der Waals surface area contributed by atoms with Crippen molar-refractivity contribution in [3.05, 3.63) is 180 Å². The van der Waals surface area contributed by atoms with Gasteiger partial charge < -0.3 is 9.47 Å². The summed E-state index contributed by atoms with van der Waals surface area (Å²) < 4.78 is 2.54. The lowest BCUT2D eigenvalue weighted by molar-refractivity contribution is 0.420. The Bertz CT molecular complexity index is 2900. The molecule has 2 nitrogen and oxygen atoms in total. The van der Waals surface area contributed by atoms with Crippen LogP contribution >= 0.6 is 0 Å². The van der Waals surface area contributed by atoms with Gasteiger partial charge in [-0.25, -0.2) is 0 Å². The molecule has 5 aliphatic rings. The molecule has 300 valence electrons. The number of nitrogens with zero attached hydrogens (tertiary/aromatic N) is 2. The number of para-hydroxylation sites is 1. The van der Waals surface area contributed by atoms with E-state index in [1.54, 1.807) is 11.1 Å². The first kappa shape index (κ1) is 35.9. The number of hydrogen-bond acceptors (Lipinski definition) is 1. The van der Waals surface area contributed by atoms with Crippen LogP contribution in [0, 0.1) is 23.7 Å². The highest BCUT2D eigenvalue weighted by Crippen LogP contribution is 2.57. The van der Waals surface area contributed by atoms with Gasteiger partial charge in [-0.05, 0) is 179 Å². The fourth-order valence-electron chi connectivity index (χ4n) is 13.7. The number of hydrogen-bond donors (Lipinski definition) is 0. The smallest absolute Gasteiger partial charge is 0.0588 e. The average molecular weight is 791 g/mol. The Morgan fingerprint density at radius 1 is 0.492 bits per heavy atom. The summed E-state index contributed by atoms with van der Waals surface area (Å²) in [6.07, 6.45) is 11.4. The Labute approximate surface area is 360 Å². The molecule has 0 amide bonds. The lowest BCUT2D eigenvalue weighted by Crippen LogP contribution is -2.18. The molecular formula is C59H54N2. The lowest BCUT2D eigenvalue weighted by atomic mass is 9.81. The van der Waals surface area contributed by atoms with Gasteiger partial charge in [-0.2, -0.15) is 0 Å². The molecule has 0 spiro atoms. The standard InChI is InChI=1S/C59H54N2/c1-59(2)55-36-48(60(46-22-17-40(18-23-46)52-33-37-13-15-43(52)31-37)47-24-19-41(20-25-47)53-34-38-14-16-44(53)32-38)26-27-49(55)50-28-29-51-54-35-42(39-9-5-3-6-10-39)21-30-56(54)61(58(51)57(50)59)45-11-7-4-8-12-45/h3-12,17-30,35-38,43-44,52-53H,13-16,31-34H2,1-2H3. The van der Waals surface area contributed by atoms with E-state index in [1.807, 2.05) is 0 Å². The van der Waals surface area contributed by atoms with Crippen molar-refractivity contribution in [3.8, 4) is 27.9 Å². The summed E-state index contributed by atoms with van der Waals surface area (Å²) in [7, 11) is 0. The Morgan fingerprint density at radius 2 is 1.08 bits per heavy atom. The maximum Gasteiger partial charge on any atom is 0.0588 e. The molecule has 1 aromatic heterocycles. The van der Waals surface area contributed by atoms with Crippen molar-refractivity contribution in [1.82, 2.24) is 4.57 Å². The van der Waals surface area contributed by atoms with Crippen LogP contribution in [0.4, 0.5) is 17.1 Å². The van der Waals surface area contributed by atoms with Crippen molar-refractivity contribution < 1.29 is 0 Å². The van der Waals surface area contributed by atoms with Gasteiger partial charge in [0.05, 0.1) is 11.0 Å². The summed E-state index contributed by atoms with van der Waals surface area (Å²) in [5.74, 6) is 5.11. The second-order valence-electron chi connectivity index (χ2n) is 20.1. The number of fused-ring (bicyclic) bond motifs is 11. The number of benzene rings is 7. The number of anilines is 3. The van der Waals surface area contributed by atoms with Gasteiger partial charge in [0.15, 0.2) is 0 Å². The molecule has 8 aromatic rings. The van der Waals surface area contributed by atoms with E-state index in [2.05, 4.69) is 181 Å². The average Bonchev–Trinajstić information content (AvgIpc) is 4.19. The van der Waals surface area contributed by atoms with E-state index < -0.39 is 0 Å². The van der Waals surface area contributed by atoms with Crippen molar-refractivity contribution in [2.45, 2.75) is 82.5 Å². The minimum absolute atomic E-state index is 0.244. The normalized spacial score (nSPS) is 24.2. The molecule has 6 unspecified atom stereocenters. The van der Waals surface area contributed by atoms with Crippen LogP contribution in [-0.4, -0.2) is 4.57 Å². The summed E-state index contributed by atoms with van der Waals surface area (Å²) >= 11 is 0. The first-order valence-electron chi connectivity index (χ1n) is 23.3. The van der Waals surface area contributed by atoms with E-state index in [0.717, 1.165) is 35.5 Å². The molecule has 2 heteroatoms. The van der Waals surface area contributed by atoms with Crippen molar-refractivity contribution in [2.24, 2.45) is 23.7 Å². The molecule has 61 heavy (non-hydrogen) atoms. The fourth-order valence-corrected chi connectivity index (χ4v) is 13.7. The maximum atomic E-state index is 2.54. The molecule has 4 saturated carbocycles. The largest absolute Gasteiger partial charge is 0.310 e. The van der Waals surface area contributed by atoms with Gasteiger partial charge in [0.25, 0.3) is 0 Å². The SMILES string of the molecule is CC1(C)c2cc(N(c3ccc(C4CC5CCC4C5)cc3)c3ccc(C4CC5CCC4C5)cc3)ccc2-c2ccc3c4cc(-c5ccccc5)ccc4n(-c4ccccc4)c3c21. The third-order valence-electron chi connectivity index (χ3n) is 16.5. The third kappa shape index (κ3) is 5.53. The van der Waals surface area contributed by atoms with Crippen LogP contribution < -0.4 is 4.90 Å². The summed E-state index contributed by atoms with van der Waals surface area (Å²) in [6, 6.07) is 60.5. The monoisotopic (exact) mass is 790 g/mol. The van der Waals surface area contributed by atoms with Gasteiger partial charge >= 0.3 is 0 Å². The van der Waals surface area contributed by atoms with E-state index >= 15 is 0 Å². The molecule has 0 aliphatic heterocycles. The summed E-state index contributed by atoms with van der Waals surface area (Å²) in [5.41, 5.74) is 18.3. The van der Waals surface area contributed by atoms with E-state index in [4.69, 9.17) is 0 Å². The summed E-state index contributed by atoms with van der Waals surface area (Å²) in [5, 5.41) is 2.61. The second-order valence-corrected chi connectivity index (χ2v) is 20.1. The van der Waals surface area contributed by atoms with Gasteiger partial charge in [-0.1, -0.05) is 124 Å². The molecule has 4 fully saturated rings. The summed E-state index contributed by atoms with van der Waals surface area (Å²) in [6.45, 7) is 4.92. The zero-order chi connectivity index (χ0) is 40.4. The molecule has 7 aromatic carbocycles. The quantitative estimate of drug-likeness (QED) is 0.156. The minimum Gasteiger partial charge on any atom is -0.310 e. The van der Waals surface area contributed by atoms with E-state index in [9.17, 15) is 0 Å². The fraction of sp³-hybridized carbons (Fsp3) is 0.288. The zero-order valence-corrected chi connectivity index (χ0v) is 35.5. The molecule has 0 N–H and O–H groups in total. The molecular weight excluding hydrogens is 737 g/mol. The first-order chi connectivity index (χ1) is 30.0. The predicted molar refractivity (Wildman–Crippen MR) is 255 cm³/mol. The van der Waals surface area contributed by atoms with Crippen LogP contribution in [0.5, 0.6) is 0 Å². The van der Waals surface area contributed by atoms with Crippen molar-refractivity contribution in [1.29, 1.82) is 0 Å². The van der Waals surface area contributed by atoms with Crippen LogP contribution in [-0.2, 0) is 5.41 Å². The Hall–Kier alpha value is -5.86. The Balaban J connectivity index is 0.946. The highest BCUT2D eigenvalue weighted by atomic mass is 15.1. The second kappa shape index (κ2) is 13.6. The van der Waals surface area contributed by atoms with Crippen LogP contribution in [0.15, 0.2) is 158 Å². The van der Waals surface area contributed by atoms with Crippen LogP contribution in [0.3, 0.4) is 0 Å². The predicted octanol–water partition coefficient (Wildman–Crippen LogP) is 16.0. The van der Waals surface area contributed by atoms with Crippen LogP contribution in [0.2, 0.25) is 0 Å². The number of aromatic nitrogens is 1. The molecule has 6 atom stereocenters. The van der Waals surface area contributed by atoms with Gasteiger partial charge in [-0.3, -0.25) is 0 Å². The molecule has 5 aliphatic carbocycles. The topological polar surface area (TPSA) is 8.17 Å². The van der Waals surface area contributed by atoms with Crippen molar-refractivity contribution in [2.75, 3.05) is 4.90 Å². The van der Waals surface area contributed by atoms with Gasteiger partial charge in [0.1, 0.15) is 0 Å². The van der Waals surface area contributed by atoms with Crippen molar-refractivity contribution in [3.63, 3.8) is 0 Å². The van der Waals surface area contributed by atoms with Gasteiger partial charge in [0.2, 0.25) is 0 Å². The minimum atomic E-state index is -0.244. The Morgan fingerprint density at radius 3 is 1.67 bits per heavy atom. The van der Waals surface area contributed by atoms with Crippen LogP contribution in [0.1, 0.15) is 99.3 Å². The molecule has 0 radical (unpaired) electrons. The first-order valence-corrected chi connectivity index (χ1v) is 23.3. The molecule has 4 bridgehead atoms. The van der Waals surface area contributed by atoms with Gasteiger partial charge in [0, 0.05) is 38.9 Å². The molecule has 13 rings (SSSR count). The van der Waals surface area contributed by atoms with Gasteiger partial charge in [-0.15, -0.1) is 0 Å². The Kier molecular flexibility index (Phi) is 7.98.